The fraction of sp³-hybridized carbons (Fsp3) is 0.345. The summed E-state index contributed by atoms with van der Waals surface area (Å²) in [7, 11) is 3.66. The number of methoxy groups -OCH3 is 1. The first-order valence-corrected chi connectivity index (χ1v) is 12.9. The van der Waals surface area contributed by atoms with Gasteiger partial charge in [-0.3, -0.25) is 4.68 Å². The average molecular weight is 502 g/mol. The first-order chi connectivity index (χ1) is 17.1. The maximum absolute atomic E-state index is 12.4. The van der Waals surface area contributed by atoms with E-state index in [1.54, 1.807) is 23.8 Å². The van der Waals surface area contributed by atoms with E-state index in [-0.39, 0.29) is 6.09 Å². The molecule has 2 aliphatic heterocycles. The molecule has 0 spiro atoms. The first kappa shape index (κ1) is 24.3. The lowest BCUT2D eigenvalue weighted by atomic mass is 9.99. The normalized spacial score (nSPS) is 15.4. The molecule has 1 amide bonds. The molecule has 0 unspecified atom stereocenters. The molecule has 1 aromatic heterocycles. The number of nitrogens with zero attached hydrogens (tertiary/aromatic N) is 3. The van der Waals surface area contributed by atoms with Crippen molar-refractivity contribution in [1.29, 1.82) is 0 Å². The number of aromatic nitrogens is 2. The largest absolute Gasteiger partial charge is 0.496 e. The molecule has 2 aliphatic rings. The monoisotopic (exact) mass is 501 g/mol. The zero-order chi connectivity index (χ0) is 25.6. The van der Waals surface area contributed by atoms with Gasteiger partial charge in [0.1, 0.15) is 11.4 Å². The van der Waals surface area contributed by atoms with Crippen LogP contribution in [0.4, 0.5) is 4.79 Å². The highest BCUT2D eigenvalue weighted by molar-refractivity contribution is 8.03. The van der Waals surface area contributed by atoms with E-state index in [1.165, 1.54) is 5.57 Å². The van der Waals surface area contributed by atoms with E-state index in [9.17, 15) is 4.79 Å². The Morgan fingerprint density at radius 3 is 2.64 bits per heavy atom. The molecule has 3 aromatic rings. The first-order valence-electron chi connectivity index (χ1n) is 12.1. The molecule has 0 saturated carbocycles. The predicted molar refractivity (Wildman–Crippen MR) is 145 cm³/mol. The van der Waals surface area contributed by atoms with Crippen molar-refractivity contribution in [3.05, 3.63) is 63.9 Å². The number of rotatable bonds is 3. The van der Waals surface area contributed by atoms with Crippen LogP contribution in [0, 0.1) is 6.92 Å². The van der Waals surface area contributed by atoms with Crippen molar-refractivity contribution in [3.8, 4) is 16.9 Å². The van der Waals surface area contributed by atoms with Gasteiger partial charge in [0.2, 0.25) is 0 Å². The highest BCUT2D eigenvalue weighted by Gasteiger charge is 2.26. The van der Waals surface area contributed by atoms with E-state index in [2.05, 4.69) is 54.3 Å². The summed E-state index contributed by atoms with van der Waals surface area (Å²) in [5.41, 5.74) is 9.63. The van der Waals surface area contributed by atoms with Gasteiger partial charge in [-0.15, -0.1) is 5.73 Å². The zero-order valence-electron chi connectivity index (χ0n) is 21.6. The number of aryl methyl sites for hydroxylation is 2. The van der Waals surface area contributed by atoms with Crippen molar-refractivity contribution >= 4 is 34.8 Å². The van der Waals surface area contributed by atoms with Crippen LogP contribution < -0.4 is 4.74 Å². The second-order valence-electron chi connectivity index (χ2n) is 10.2. The molecule has 0 bridgehead atoms. The third kappa shape index (κ3) is 4.81. The molecular weight excluding hydrogens is 470 g/mol. The number of ether oxygens (including phenoxy) is 2. The Morgan fingerprint density at radius 1 is 1.17 bits per heavy atom. The number of carbonyl (C=O) groups is 1. The van der Waals surface area contributed by atoms with E-state index in [4.69, 9.17) is 9.47 Å². The van der Waals surface area contributed by atoms with Crippen LogP contribution in [0.2, 0.25) is 0 Å². The zero-order valence-corrected chi connectivity index (χ0v) is 22.5. The minimum Gasteiger partial charge on any atom is -0.496 e. The molecule has 5 rings (SSSR count). The molecule has 3 heterocycles. The van der Waals surface area contributed by atoms with Gasteiger partial charge in [0, 0.05) is 42.2 Å². The lowest BCUT2D eigenvalue weighted by Crippen LogP contribution is -2.39. The van der Waals surface area contributed by atoms with E-state index in [1.807, 2.05) is 38.6 Å². The Kier molecular flexibility index (Phi) is 6.23. The quantitative estimate of drug-likeness (QED) is 0.373. The SMILES string of the molecule is COc1cc(-c2cc(C)c3nn(C)cc3c2)cc2c1C=C=C(C1=CCN(C(=O)OC(C)(C)C)CC1)S2. The van der Waals surface area contributed by atoms with Crippen LogP contribution >= 0.6 is 11.8 Å². The Hall–Kier alpha value is -3.41. The topological polar surface area (TPSA) is 56.6 Å². The van der Waals surface area contributed by atoms with E-state index < -0.39 is 5.60 Å². The van der Waals surface area contributed by atoms with Crippen molar-refractivity contribution in [1.82, 2.24) is 14.7 Å². The van der Waals surface area contributed by atoms with Crippen LogP contribution in [-0.4, -0.2) is 46.6 Å². The molecule has 0 fully saturated rings. The third-order valence-corrected chi connectivity index (χ3v) is 7.42. The molecule has 6 nitrogen and oxygen atoms in total. The number of hydrogen-bond acceptors (Lipinski definition) is 5. The molecular formula is C29H31N3O3S. The van der Waals surface area contributed by atoms with Gasteiger partial charge in [-0.05, 0) is 86.7 Å². The van der Waals surface area contributed by atoms with Crippen molar-refractivity contribution in [3.63, 3.8) is 0 Å². The van der Waals surface area contributed by atoms with Crippen molar-refractivity contribution in [2.45, 2.75) is 44.6 Å². The summed E-state index contributed by atoms with van der Waals surface area (Å²) >= 11 is 1.71. The summed E-state index contributed by atoms with van der Waals surface area (Å²) < 4.78 is 13.2. The molecule has 7 heteroatoms. The Bertz CT molecular complexity index is 1470. The summed E-state index contributed by atoms with van der Waals surface area (Å²) in [4.78, 5) is 16.4. The van der Waals surface area contributed by atoms with Crippen LogP contribution in [-0.2, 0) is 11.8 Å². The van der Waals surface area contributed by atoms with Gasteiger partial charge in [-0.1, -0.05) is 17.8 Å². The Balaban J connectivity index is 1.42. The second-order valence-corrected chi connectivity index (χ2v) is 11.3. The number of hydrogen-bond donors (Lipinski definition) is 0. The Labute approximate surface area is 216 Å². The maximum Gasteiger partial charge on any atom is 0.410 e. The molecule has 0 aliphatic carbocycles. The van der Waals surface area contributed by atoms with E-state index in [0.29, 0.717) is 13.1 Å². The molecule has 0 saturated heterocycles. The lowest BCUT2D eigenvalue weighted by molar-refractivity contribution is 0.0266. The number of thioether (sulfide) groups is 1. The fourth-order valence-corrected chi connectivity index (χ4v) is 5.67. The molecule has 186 valence electrons. The number of fused-ring (bicyclic) bond motifs is 2. The van der Waals surface area contributed by atoms with Gasteiger partial charge in [-0.2, -0.15) is 5.10 Å². The lowest BCUT2D eigenvalue weighted by Gasteiger charge is -2.30. The molecule has 36 heavy (non-hydrogen) atoms. The summed E-state index contributed by atoms with van der Waals surface area (Å²) in [5.74, 6) is 0.833. The molecule has 0 N–H and O–H groups in total. The van der Waals surface area contributed by atoms with Crippen LogP contribution in [0.3, 0.4) is 0 Å². The van der Waals surface area contributed by atoms with Crippen LogP contribution in [0.5, 0.6) is 5.75 Å². The third-order valence-electron chi connectivity index (χ3n) is 6.28. The van der Waals surface area contributed by atoms with Crippen LogP contribution in [0.1, 0.15) is 38.3 Å². The van der Waals surface area contributed by atoms with Gasteiger partial charge in [0.15, 0.2) is 0 Å². The Morgan fingerprint density at radius 2 is 1.94 bits per heavy atom. The summed E-state index contributed by atoms with van der Waals surface area (Å²) in [6.07, 6.45) is 6.68. The molecule has 2 aromatic carbocycles. The number of allylic oxidation sites excluding steroid dienone is 1. The second kappa shape index (κ2) is 9.23. The maximum atomic E-state index is 12.4. The van der Waals surface area contributed by atoms with E-state index in [0.717, 1.165) is 55.1 Å². The minimum absolute atomic E-state index is 0.265. The molecule has 0 radical (unpaired) electrons. The summed E-state index contributed by atoms with van der Waals surface area (Å²) in [5, 5.41) is 5.70. The predicted octanol–water partition coefficient (Wildman–Crippen LogP) is 6.73. The van der Waals surface area contributed by atoms with E-state index >= 15 is 0 Å². The summed E-state index contributed by atoms with van der Waals surface area (Å²) in [6.45, 7) is 8.94. The van der Waals surface area contributed by atoms with Gasteiger partial charge in [0.25, 0.3) is 0 Å². The number of amides is 1. The van der Waals surface area contributed by atoms with Crippen molar-refractivity contribution < 1.29 is 14.3 Å². The van der Waals surface area contributed by atoms with Crippen LogP contribution in [0.15, 0.2) is 57.6 Å². The molecule has 0 atom stereocenters. The van der Waals surface area contributed by atoms with Gasteiger partial charge in [0.05, 0.1) is 17.5 Å². The number of benzene rings is 2. The van der Waals surface area contributed by atoms with Gasteiger partial charge in [-0.25, -0.2) is 4.79 Å². The highest BCUT2D eigenvalue weighted by Crippen LogP contribution is 2.44. The average Bonchev–Trinajstić information content (AvgIpc) is 3.22. The fourth-order valence-electron chi connectivity index (χ4n) is 4.56. The summed E-state index contributed by atoms with van der Waals surface area (Å²) in [6, 6.07) is 8.70. The minimum atomic E-state index is -0.494. The van der Waals surface area contributed by atoms with Gasteiger partial charge < -0.3 is 14.4 Å². The highest BCUT2D eigenvalue weighted by atomic mass is 32.2. The van der Waals surface area contributed by atoms with Crippen LogP contribution in [0.25, 0.3) is 28.1 Å². The van der Waals surface area contributed by atoms with Crippen molar-refractivity contribution in [2.75, 3.05) is 20.2 Å². The van der Waals surface area contributed by atoms with Crippen molar-refractivity contribution in [2.24, 2.45) is 7.05 Å². The number of carbonyl (C=O) groups excluding carboxylic acids is 1. The smallest absolute Gasteiger partial charge is 0.410 e. The standard InChI is InChI=1S/C29H31N3O3S/c1-18-13-20(14-22-17-31(5)30-27(18)22)21-15-24(34-6)23-7-8-25(36-26(23)16-21)19-9-11-32(12-10-19)28(33)35-29(2,3)4/h7,9,13-17H,10-12H2,1-6H3. The van der Waals surface area contributed by atoms with Gasteiger partial charge >= 0.3 is 6.09 Å².